The molecule has 2 aromatic rings. The molecule has 2 fully saturated rings. The van der Waals surface area contributed by atoms with Gasteiger partial charge in [0.25, 0.3) is 6.09 Å². The summed E-state index contributed by atoms with van der Waals surface area (Å²) in [6.07, 6.45) is 6.83. The molecule has 0 N–H and O–H groups in total. The van der Waals surface area contributed by atoms with Crippen LogP contribution < -0.4 is 9.84 Å². The molecule has 184 valence electrons. The molecule has 0 bridgehead atoms. The molecule has 1 heterocycles. The summed E-state index contributed by atoms with van der Waals surface area (Å²) in [5.41, 5.74) is 2.19. The first-order chi connectivity index (χ1) is 16.5. The van der Waals surface area contributed by atoms with Gasteiger partial charge in [0.2, 0.25) is 0 Å². The van der Waals surface area contributed by atoms with Gasteiger partial charge in [-0.3, -0.25) is 9.38 Å². The van der Waals surface area contributed by atoms with E-state index in [9.17, 15) is 9.90 Å². The second-order valence-electron chi connectivity index (χ2n) is 9.55. The number of methoxy groups -OCH3 is 1. The number of thioether (sulfide) groups is 1. The second kappa shape index (κ2) is 11.9. The highest BCUT2D eigenvalue weighted by Gasteiger charge is 2.38. The van der Waals surface area contributed by atoms with Crippen LogP contribution in [0.4, 0.5) is 4.79 Å². The molecule has 0 aromatic heterocycles. The third kappa shape index (κ3) is 6.17. The van der Waals surface area contributed by atoms with Crippen molar-refractivity contribution in [3.8, 4) is 5.75 Å². The molecule has 0 spiro atoms. The van der Waals surface area contributed by atoms with Gasteiger partial charge in [0, 0.05) is 45.4 Å². The Balaban J connectivity index is 1.46. The number of quaternary nitrogens is 1. The number of carboxylic acid groups (broad SMARTS) is 1. The zero-order chi connectivity index (χ0) is 24.0. The summed E-state index contributed by atoms with van der Waals surface area (Å²) in [5, 5.41) is 12.4. The fourth-order valence-electron chi connectivity index (χ4n) is 5.37. The molecule has 2 aliphatic rings. The van der Waals surface area contributed by atoms with Crippen LogP contribution in [0.3, 0.4) is 0 Å². The van der Waals surface area contributed by atoms with Crippen LogP contribution in [0.25, 0.3) is 0 Å². The van der Waals surface area contributed by atoms with Crippen molar-refractivity contribution in [1.82, 2.24) is 4.90 Å². The van der Waals surface area contributed by atoms with Crippen molar-refractivity contribution in [2.24, 2.45) is 0 Å². The molecule has 2 aromatic carbocycles. The zero-order valence-electron chi connectivity index (χ0n) is 20.0. The Kier molecular flexibility index (Phi) is 8.97. The SMILES string of the molecule is COc1ccc(Br)cc1CSc1ccccc1C[N+]1(C(=O)[O-])CCN(C2CCCCCC2)CC1. The summed E-state index contributed by atoms with van der Waals surface area (Å²) >= 11 is 5.28. The first-order valence-electron chi connectivity index (χ1n) is 12.4. The third-order valence-corrected chi connectivity index (χ3v) is 9.09. The Morgan fingerprint density at radius 2 is 1.79 bits per heavy atom. The van der Waals surface area contributed by atoms with Crippen molar-refractivity contribution in [1.29, 1.82) is 0 Å². The first-order valence-corrected chi connectivity index (χ1v) is 14.1. The van der Waals surface area contributed by atoms with Crippen LogP contribution >= 0.6 is 27.7 Å². The quantitative estimate of drug-likeness (QED) is 0.262. The van der Waals surface area contributed by atoms with Gasteiger partial charge in [-0.1, -0.05) is 59.8 Å². The number of ether oxygens (including phenoxy) is 1. The van der Waals surface area contributed by atoms with Gasteiger partial charge in [-0.2, -0.15) is 0 Å². The van der Waals surface area contributed by atoms with Gasteiger partial charge in [-0.05, 0) is 37.1 Å². The van der Waals surface area contributed by atoms with Gasteiger partial charge in [0.05, 0.1) is 20.2 Å². The molecule has 5 nitrogen and oxygen atoms in total. The van der Waals surface area contributed by atoms with E-state index in [1.165, 1.54) is 38.5 Å². The molecule has 1 saturated heterocycles. The number of piperazine rings is 1. The Hall–Kier alpha value is -1.54. The van der Waals surface area contributed by atoms with Crippen LogP contribution in [-0.2, 0) is 12.3 Å². The number of nitrogens with zero attached hydrogens (tertiary/aromatic N) is 2. The van der Waals surface area contributed by atoms with Crippen LogP contribution in [0.15, 0.2) is 51.8 Å². The van der Waals surface area contributed by atoms with E-state index in [2.05, 4.69) is 39.0 Å². The minimum atomic E-state index is -0.950. The van der Waals surface area contributed by atoms with Crippen molar-refractivity contribution < 1.29 is 19.1 Å². The van der Waals surface area contributed by atoms with E-state index in [1.807, 2.05) is 24.3 Å². The third-order valence-electron chi connectivity index (χ3n) is 7.43. The van der Waals surface area contributed by atoms with Gasteiger partial charge in [-0.15, -0.1) is 11.8 Å². The molecule has 0 radical (unpaired) electrons. The minimum Gasteiger partial charge on any atom is -0.498 e. The zero-order valence-corrected chi connectivity index (χ0v) is 22.4. The highest BCUT2D eigenvalue weighted by molar-refractivity contribution is 9.10. The standard InChI is InChI=1S/C27H35BrN2O3S/c1-33-25-13-12-23(28)18-22(25)20-34-26-11-7-6-8-21(26)19-30(27(31)32)16-14-29(15-17-30)24-9-4-2-3-5-10-24/h6-8,11-13,18,24H,2-5,9-10,14-17,19-20H2,1H3. The molecule has 7 heteroatoms. The van der Waals surface area contributed by atoms with E-state index in [4.69, 9.17) is 4.74 Å². The largest absolute Gasteiger partial charge is 0.498 e. The average molecular weight is 548 g/mol. The van der Waals surface area contributed by atoms with Crippen LogP contribution in [-0.4, -0.2) is 54.8 Å². The summed E-state index contributed by atoms with van der Waals surface area (Å²) in [4.78, 5) is 16.1. The van der Waals surface area contributed by atoms with E-state index in [1.54, 1.807) is 18.9 Å². The van der Waals surface area contributed by atoms with Crippen LogP contribution in [0.2, 0.25) is 0 Å². The Morgan fingerprint density at radius 1 is 1.09 bits per heavy atom. The molecular weight excluding hydrogens is 512 g/mol. The smallest absolute Gasteiger partial charge is 0.257 e. The normalized spacial score (nSPS) is 19.5. The van der Waals surface area contributed by atoms with Gasteiger partial charge in [-0.25, -0.2) is 0 Å². The van der Waals surface area contributed by atoms with Gasteiger partial charge in [0.15, 0.2) is 0 Å². The Morgan fingerprint density at radius 3 is 2.47 bits per heavy atom. The summed E-state index contributed by atoms with van der Waals surface area (Å²) in [6.45, 7) is 3.36. The van der Waals surface area contributed by atoms with E-state index in [0.29, 0.717) is 25.7 Å². The maximum Gasteiger partial charge on any atom is 0.257 e. The number of hydrogen-bond donors (Lipinski definition) is 0. The summed E-state index contributed by atoms with van der Waals surface area (Å²) in [5.74, 6) is 1.61. The lowest BCUT2D eigenvalue weighted by Crippen LogP contribution is -2.66. The topological polar surface area (TPSA) is 52.6 Å². The molecule has 1 aliphatic carbocycles. The Labute approximate surface area is 216 Å². The number of carbonyl (C=O) groups excluding carboxylic acids is 1. The Bertz CT molecular complexity index is 970. The molecule has 1 aliphatic heterocycles. The monoisotopic (exact) mass is 546 g/mol. The number of halogens is 1. The van der Waals surface area contributed by atoms with Crippen LogP contribution in [0.1, 0.15) is 49.7 Å². The average Bonchev–Trinajstić information content (AvgIpc) is 3.14. The lowest BCUT2D eigenvalue weighted by atomic mass is 10.0. The van der Waals surface area contributed by atoms with Crippen LogP contribution in [0, 0.1) is 0 Å². The molecule has 34 heavy (non-hydrogen) atoms. The molecule has 4 rings (SSSR count). The second-order valence-corrected chi connectivity index (χ2v) is 11.5. The molecule has 1 saturated carbocycles. The van der Waals surface area contributed by atoms with Gasteiger partial charge < -0.3 is 14.6 Å². The van der Waals surface area contributed by atoms with E-state index < -0.39 is 6.09 Å². The number of carbonyl (C=O) groups is 1. The molecule has 1 amide bonds. The fraction of sp³-hybridized carbons (Fsp3) is 0.519. The van der Waals surface area contributed by atoms with Crippen molar-refractivity contribution in [3.05, 3.63) is 58.1 Å². The fourth-order valence-corrected chi connectivity index (χ4v) is 6.81. The summed E-state index contributed by atoms with van der Waals surface area (Å²) < 4.78 is 6.56. The molecule has 0 atom stereocenters. The highest BCUT2D eigenvalue weighted by atomic mass is 79.9. The number of amides is 1. The predicted molar refractivity (Wildman–Crippen MR) is 139 cm³/mol. The lowest BCUT2D eigenvalue weighted by molar-refractivity contribution is -0.893. The van der Waals surface area contributed by atoms with E-state index in [-0.39, 0.29) is 4.48 Å². The maximum absolute atomic E-state index is 12.4. The highest BCUT2D eigenvalue weighted by Crippen LogP contribution is 2.34. The van der Waals surface area contributed by atoms with Crippen molar-refractivity contribution in [3.63, 3.8) is 0 Å². The number of hydrogen-bond acceptors (Lipinski definition) is 5. The lowest BCUT2D eigenvalue weighted by Gasteiger charge is -2.46. The summed E-state index contributed by atoms with van der Waals surface area (Å²) in [6, 6.07) is 14.8. The molecule has 0 unspecified atom stereocenters. The van der Waals surface area contributed by atoms with Crippen molar-refractivity contribution >= 4 is 33.8 Å². The minimum absolute atomic E-state index is 0.0149. The molecular formula is C27H35BrN2O3S. The van der Waals surface area contributed by atoms with Gasteiger partial charge >= 0.3 is 0 Å². The number of rotatable bonds is 7. The number of benzene rings is 2. The van der Waals surface area contributed by atoms with Crippen molar-refractivity contribution in [2.75, 3.05) is 33.3 Å². The first kappa shape index (κ1) is 25.5. The van der Waals surface area contributed by atoms with Gasteiger partial charge in [0.1, 0.15) is 12.3 Å². The van der Waals surface area contributed by atoms with E-state index >= 15 is 0 Å². The van der Waals surface area contributed by atoms with Crippen molar-refractivity contribution in [2.45, 2.75) is 61.8 Å². The maximum atomic E-state index is 12.4. The van der Waals surface area contributed by atoms with E-state index in [0.717, 1.165) is 45.1 Å². The van der Waals surface area contributed by atoms with Crippen LogP contribution in [0.5, 0.6) is 5.75 Å². The predicted octanol–water partition coefficient (Wildman–Crippen LogP) is 5.45. The summed E-state index contributed by atoms with van der Waals surface area (Å²) in [7, 11) is 1.69.